The molecule has 0 aliphatic carbocycles. The normalized spacial score (nSPS) is 32.3. The van der Waals surface area contributed by atoms with Crippen molar-refractivity contribution in [3.8, 4) is 0 Å². The molecule has 0 bridgehead atoms. The number of ether oxygens (including phenoxy) is 1. The van der Waals surface area contributed by atoms with Gasteiger partial charge < -0.3 is 9.84 Å². The highest BCUT2D eigenvalue weighted by Gasteiger charge is 2.58. The van der Waals surface area contributed by atoms with E-state index in [1.165, 1.54) is 0 Å². The maximum absolute atomic E-state index is 12.8. The summed E-state index contributed by atoms with van der Waals surface area (Å²) in [5.41, 5.74) is 0.779. The number of alkyl halides is 3. The molecule has 2 nitrogen and oxygen atoms in total. The summed E-state index contributed by atoms with van der Waals surface area (Å²) in [6.07, 6.45) is -5.25. The summed E-state index contributed by atoms with van der Waals surface area (Å²) in [7, 11) is 0. The molecule has 3 atom stereocenters. The molecular weight excluding hydrogens is 325 g/mol. The Morgan fingerprint density at radius 2 is 1.89 bits per heavy atom. The quantitative estimate of drug-likeness (QED) is 0.842. The largest absolute Gasteiger partial charge is 0.443 e. The van der Waals surface area contributed by atoms with Gasteiger partial charge in [0, 0.05) is 10.9 Å². The van der Waals surface area contributed by atoms with E-state index in [4.69, 9.17) is 0 Å². The molecule has 0 unspecified atom stereocenters. The summed E-state index contributed by atoms with van der Waals surface area (Å²) in [6, 6.07) is 7.11. The molecular formula is C13H14BrF3O2. The van der Waals surface area contributed by atoms with Crippen molar-refractivity contribution in [2.75, 3.05) is 6.61 Å². The zero-order valence-corrected chi connectivity index (χ0v) is 11.8. The lowest BCUT2D eigenvalue weighted by Gasteiger charge is -2.41. The Hall–Kier alpha value is -0.590. The molecule has 1 aliphatic rings. The Balaban J connectivity index is 2.26. The van der Waals surface area contributed by atoms with Gasteiger partial charge in [0.1, 0.15) is 0 Å². The summed E-state index contributed by atoms with van der Waals surface area (Å²) < 4.78 is 44.0. The van der Waals surface area contributed by atoms with E-state index in [0.29, 0.717) is 0 Å². The molecule has 6 heteroatoms. The molecule has 1 heterocycles. The van der Waals surface area contributed by atoms with Crippen LogP contribution in [0.3, 0.4) is 0 Å². The van der Waals surface area contributed by atoms with Crippen molar-refractivity contribution in [3.63, 3.8) is 0 Å². The average molecular weight is 339 g/mol. The van der Waals surface area contributed by atoms with Gasteiger partial charge in [0.15, 0.2) is 0 Å². The Bertz CT molecular complexity index is 446. The fraction of sp³-hybridized carbons (Fsp3) is 0.538. The molecule has 0 spiro atoms. The molecule has 1 aromatic carbocycles. The van der Waals surface area contributed by atoms with Crippen molar-refractivity contribution in [2.24, 2.45) is 5.92 Å². The van der Waals surface area contributed by atoms with E-state index in [9.17, 15) is 18.3 Å². The van der Waals surface area contributed by atoms with Crippen molar-refractivity contribution >= 4 is 15.9 Å². The van der Waals surface area contributed by atoms with Gasteiger partial charge >= 0.3 is 6.18 Å². The zero-order valence-electron chi connectivity index (χ0n) is 10.2. The van der Waals surface area contributed by atoms with Crippen LogP contribution in [-0.2, 0) is 4.74 Å². The van der Waals surface area contributed by atoms with Gasteiger partial charge in [-0.2, -0.15) is 13.2 Å². The van der Waals surface area contributed by atoms with Crippen LogP contribution < -0.4 is 0 Å². The summed E-state index contributed by atoms with van der Waals surface area (Å²) in [6.45, 7) is 1.71. The minimum atomic E-state index is -4.78. The monoisotopic (exact) mass is 338 g/mol. The molecule has 106 valence electrons. The van der Waals surface area contributed by atoms with Crippen LogP contribution in [0.15, 0.2) is 28.7 Å². The van der Waals surface area contributed by atoms with Crippen LogP contribution in [0.1, 0.15) is 24.8 Å². The van der Waals surface area contributed by atoms with Crippen LogP contribution >= 0.6 is 15.9 Å². The second-order valence-electron chi connectivity index (χ2n) is 4.93. The van der Waals surface area contributed by atoms with E-state index >= 15 is 0 Å². The van der Waals surface area contributed by atoms with Crippen LogP contribution in [0, 0.1) is 5.92 Å². The van der Waals surface area contributed by atoms with Crippen molar-refractivity contribution in [2.45, 2.75) is 31.2 Å². The summed E-state index contributed by atoms with van der Waals surface area (Å²) in [4.78, 5) is 0. The summed E-state index contributed by atoms with van der Waals surface area (Å²) in [5, 5.41) is 9.66. The maximum Gasteiger partial charge on any atom is 0.443 e. The second-order valence-corrected chi connectivity index (χ2v) is 5.85. The summed E-state index contributed by atoms with van der Waals surface area (Å²) >= 11 is 3.28. The highest BCUT2D eigenvalue weighted by Crippen LogP contribution is 2.45. The Morgan fingerprint density at radius 3 is 2.42 bits per heavy atom. The molecule has 1 saturated heterocycles. The first-order chi connectivity index (χ1) is 8.73. The third-order valence-electron chi connectivity index (χ3n) is 3.51. The molecule has 0 aromatic heterocycles. The average Bonchev–Trinajstić information content (AvgIpc) is 2.32. The first-order valence-electron chi connectivity index (χ1n) is 5.91. The molecule has 0 radical (unpaired) electrons. The predicted molar refractivity (Wildman–Crippen MR) is 67.6 cm³/mol. The standard InChI is InChI=1S/C13H14BrF3O2/c1-8-7-19-12(18,13(15,16)17)6-11(8)9-2-4-10(14)5-3-9/h2-5,8,11,18H,6-7H2,1H3/t8-,11+,12+/m1/s1. The lowest BCUT2D eigenvalue weighted by Crippen LogP contribution is -2.53. The number of halogens is 4. The molecule has 0 amide bonds. The Labute approximate surface area is 117 Å². The van der Waals surface area contributed by atoms with Gasteiger partial charge in [-0.05, 0) is 29.5 Å². The van der Waals surface area contributed by atoms with Crippen molar-refractivity contribution < 1.29 is 23.0 Å². The minimum absolute atomic E-state index is 0.0798. The van der Waals surface area contributed by atoms with Crippen LogP contribution in [0.5, 0.6) is 0 Å². The minimum Gasteiger partial charge on any atom is -0.358 e. The van der Waals surface area contributed by atoms with E-state index in [2.05, 4.69) is 20.7 Å². The molecule has 1 aromatic rings. The molecule has 2 rings (SSSR count). The van der Waals surface area contributed by atoms with E-state index in [1.54, 1.807) is 24.3 Å². The van der Waals surface area contributed by atoms with E-state index in [0.717, 1.165) is 10.0 Å². The molecule has 1 fully saturated rings. The van der Waals surface area contributed by atoms with Crippen molar-refractivity contribution in [1.29, 1.82) is 0 Å². The van der Waals surface area contributed by atoms with Gasteiger partial charge in [0.25, 0.3) is 5.79 Å². The SMILES string of the molecule is C[C@@H]1CO[C@](O)(C(F)(F)F)C[C@@H]1c1ccc(Br)cc1. The van der Waals surface area contributed by atoms with Gasteiger partial charge in [-0.1, -0.05) is 35.0 Å². The lowest BCUT2D eigenvalue weighted by atomic mass is 9.80. The highest BCUT2D eigenvalue weighted by molar-refractivity contribution is 9.10. The van der Waals surface area contributed by atoms with E-state index in [1.807, 2.05) is 6.92 Å². The molecule has 1 N–H and O–H groups in total. The summed E-state index contributed by atoms with van der Waals surface area (Å²) in [5.74, 6) is -3.51. The van der Waals surface area contributed by atoms with Gasteiger partial charge in [0.05, 0.1) is 6.61 Å². The fourth-order valence-corrected chi connectivity index (χ4v) is 2.56. The first-order valence-corrected chi connectivity index (χ1v) is 6.71. The van der Waals surface area contributed by atoms with Gasteiger partial charge in [-0.3, -0.25) is 0 Å². The van der Waals surface area contributed by atoms with Crippen LogP contribution in [0.25, 0.3) is 0 Å². The fourth-order valence-electron chi connectivity index (χ4n) is 2.30. The number of aliphatic hydroxyl groups is 1. The van der Waals surface area contributed by atoms with E-state index in [-0.39, 0.29) is 18.4 Å². The number of hydrogen-bond donors (Lipinski definition) is 1. The topological polar surface area (TPSA) is 29.5 Å². The zero-order chi connectivity index (χ0) is 14.3. The van der Waals surface area contributed by atoms with E-state index < -0.39 is 18.4 Å². The van der Waals surface area contributed by atoms with Crippen molar-refractivity contribution in [3.05, 3.63) is 34.3 Å². The Kier molecular flexibility index (Phi) is 3.95. The van der Waals surface area contributed by atoms with Crippen molar-refractivity contribution in [1.82, 2.24) is 0 Å². The van der Waals surface area contributed by atoms with Crippen LogP contribution in [-0.4, -0.2) is 23.7 Å². The Morgan fingerprint density at radius 1 is 1.32 bits per heavy atom. The molecule has 19 heavy (non-hydrogen) atoms. The maximum atomic E-state index is 12.8. The van der Waals surface area contributed by atoms with Gasteiger partial charge in [-0.25, -0.2) is 0 Å². The van der Waals surface area contributed by atoms with Gasteiger partial charge in [-0.15, -0.1) is 0 Å². The first kappa shape index (κ1) is 14.8. The third-order valence-corrected chi connectivity index (χ3v) is 4.04. The van der Waals surface area contributed by atoms with Crippen LogP contribution in [0.2, 0.25) is 0 Å². The van der Waals surface area contributed by atoms with Crippen LogP contribution in [0.4, 0.5) is 13.2 Å². The predicted octanol–water partition coefficient (Wildman–Crippen LogP) is 3.84. The highest BCUT2D eigenvalue weighted by atomic mass is 79.9. The molecule has 0 saturated carbocycles. The second kappa shape index (κ2) is 5.07. The molecule has 1 aliphatic heterocycles. The number of rotatable bonds is 1. The number of benzene rings is 1. The lowest BCUT2D eigenvalue weighted by molar-refractivity contribution is -0.382. The number of hydrogen-bond acceptors (Lipinski definition) is 2. The van der Waals surface area contributed by atoms with Gasteiger partial charge in [0.2, 0.25) is 0 Å². The third kappa shape index (κ3) is 2.95. The smallest absolute Gasteiger partial charge is 0.358 e.